The minimum absolute atomic E-state index is 0.465. The van der Waals surface area contributed by atoms with E-state index in [0.29, 0.717) is 23.0 Å². The predicted octanol–water partition coefficient (Wildman–Crippen LogP) is 2.23. The van der Waals surface area contributed by atoms with Gasteiger partial charge in [-0.2, -0.15) is 8.78 Å². The highest BCUT2D eigenvalue weighted by atomic mass is 19.3. The number of rotatable bonds is 5. The molecule has 0 radical (unpaired) electrons. The van der Waals surface area contributed by atoms with Gasteiger partial charge in [0.05, 0.1) is 6.20 Å². The predicted molar refractivity (Wildman–Crippen MR) is 76.4 cm³/mol. The lowest BCUT2D eigenvalue weighted by molar-refractivity contribution is -0.133. The minimum atomic E-state index is -4.02. The summed E-state index contributed by atoms with van der Waals surface area (Å²) in [6.45, 7) is 0. The van der Waals surface area contributed by atoms with E-state index >= 15 is 0 Å². The smallest absolute Gasteiger partial charge is 0.317 e. The zero-order valence-corrected chi connectivity index (χ0v) is 12.8. The standard InChI is InChI=1S/C15H10F5N5O/c16-8-1-3-10(11(18)5-8)13(25-7-22-23-24-25)14(26)15(19,20)12-4-2-9(17)6-21-12/h1-7,13-14,26H. The topological polar surface area (TPSA) is 76.7 Å². The van der Waals surface area contributed by atoms with E-state index in [4.69, 9.17) is 0 Å². The highest BCUT2D eigenvalue weighted by Gasteiger charge is 2.48. The van der Waals surface area contributed by atoms with Crippen molar-refractivity contribution < 1.29 is 27.1 Å². The number of aromatic nitrogens is 5. The molecule has 2 aromatic heterocycles. The van der Waals surface area contributed by atoms with Crippen LogP contribution in [0, 0.1) is 17.5 Å². The number of aliphatic hydroxyl groups excluding tert-OH is 1. The van der Waals surface area contributed by atoms with E-state index in [9.17, 15) is 27.1 Å². The Hall–Kier alpha value is -2.95. The number of tetrazole rings is 1. The third kappa shape index (κ3) is 3.25. The van der Waals surface area contributed by atoms with Gasteiger partial charge in [0, 0.05) is 11.6 Å². The first-order valence-corrected chi connectivity index (χ1v) is 7.16. The van der Waals surface area contributed by atoms with Gasteiger partial charge in [0.15, 0.2) is 6.10 Å². The Morgan fingerprint density at radius 2 is 1.77 bits per heavy atom. The maximum atomic E-state index is 14.7. The molecule has 1 aromatic carbocycles. The zero-order chi connectivity index (χ0) is 18.9. The highest BCUT2D eigenvalue weighted by molar-refractivity contribution is 5.26. The van der Waals surface area contributed by atoms with Crippen molar-refractivity contribution in [2.45, 2.75) is 18.1 Å². The SMILES string of the molecule is OC(C(c1ccc(F)cc1F)n1cnnn1)C(F)(F)c1ccc(F)cn1. The first kappa shape index (κ1) is 17.9. The summed E-state index contributed by atoms with van der Waals surface area (Å²) in [5, 5.41) is 20.3. The van der Waals surface area contributed by atoms with E-state index in [0.717, 1.165) is 24.5 Å². The lowest BCUT2D eigenvalue weighted by Crippen LogP contribution is -2.40. The van der Waals surface area contributed by atoms with E-state index < -0.39 is 46.8 Å². The third-order valence-corrected chi connectivity index (χ3v) is 3.67. The van der Waals surface area contributed by atoms with Crippen LogP contribution in [0.4, 0.5) is 22.0 Å². The lowest BCUT2D eigenvalue weighted by Gasteiger charge is -2.29. The first-order chi connectivity index (χ1) is 12.3. The fourth-order valence-corrected chi connectivity index (χ4v) is 2.42. The van der Waals surface area contributed by atoms with Crippen LogP contribution in [-0.2, 0) is 5.92 Å². The van der Waals surface area contributed by atoms with Crippen molar-refractivity contribution in [2.24, 2.45) is 0 Å². The molecule has 0 aliphatic rings. The van der Waals surface area contributed by atoms with Gasteiger partial charge < -0.3 is 5.11 Å². The Morgan fingerprint density at radius 3 is 2.35 bits per heavy atom. The molecule has 0 aliphatic carbocycles. The molecule has 0 saturated heterocycles. The Labute approximate surface area is 142 Å². The largest absolute Gasteiger partial charge is 0.384 e. The second kappa shape index (κ2) is 6.75. The fourth-order valence-electron chi connectivity index (χ4n) is 2.42. The number of nitrogens with zero attached hydrogens (tertiary/aromatic N) is 5. The Balaban J connectivity index is 2.08. The number of benzene rings is 1. The number of alkyl halides is 2. The Kier molecular flexibility index (Phi) is 4.64. The van der Waals surface area contributed by atoms with E-state index in [1.165, 1.54) is 0 Å². The molecule has 0 fully saturated rings. The van der Waals surface area contributed by atoms with Crippen LogP contribution in [0.15, 0.2) is 42.9 Å². The molecule has 2 atom stereocenters. The first-order valence-electron chi connectivity index (χ1n) is 7.16. The van der Waals surface area contributed by atoms with Gasteiger partial charge in [-0.15, -0.1) is 5.10 Å². The van der Waals surface area contributed by atoms with Gasteiger partial charge in [0.1, 0.15) is 35.5 Å². The molecule has 136 valence electrons. The molecule has 0 saturated carbocycles. The van der Waals surface area contributed by atoms with Gasteiger partial charge in [-0.05, 0) is 28.6 Å². The minimum Gasteiger partial charge on any atom is -0.384 e. The molecule has 0 bridgehead atoms. The van der Waals surface area contributed by atoms with Crippen LogP contribution < -0.4 is 0 Å². The molecule has 0 amide bonds. The summed E-state index contributed by atoms with van der Waals surface area (Å²) >= 11 is 0. The van der Waals surface area contributed by atoms with E-state index in [1.807, 2.05) is 0 Å². The van der Waals surface area contributed by atoms with Gasteiger partial charge >= 0.3 is 5.92 Å². The molecule has 1 N–H and O–H groups in total. The second-order valence-electron chi connectivity index (χ2n) is 5.33. The van der Waals surface area contributed by atoms with Crippen LogP contribution in [-0.4, -0.2) is 36.4 Å². The van der Waals surface area contributed by atoms with Crippen LogP contribution in [0.25, 0.3) is 0 Å². The summed E-state index contributed by atoms with van der Waals surface area (Å²) in [4.78, 5) is 3.27. The summed E-state index contributed by atoms with van der Waals surface area (Å²) in [7, 11) is 0. The molecular weight excluding hydrogens is 361 g/mol. The average Bonchev–Trinajstić information content (AvgIpc) is 3.11. The number of aliphatic hydroxyl groups is 1. The molecule has 2 unspecified atom stereocenters. The van der Waals surface area contributed by atoms with E-state index in [1.54, 1.807) is 0 Å². The van der Waals surface area contributed by atoms with Crippen LogP contribution >= 0.6 is 0 Å². The maximum Gasteiger partial charge on any atom is 0.317 e. The van der Waals surface area contributed by atoms with Crippen molar-refractivity contribution in [3.8, 4) is 0 Å². The van der Waals surface area contributed by atoms with Crippen LogP contribution in [0.3, 0.4) is 0 Å². The highest BCUT2D eigenvalue weighted by Crippen LogP contribution is 2.38. The molecule has 3 aromatic rings. The van der Waals surface area contributed by atoms with Gasteiger partial charge in [-0.25, -0.2) is 17.9 Å². The molecule has 11 heteroatoms. The molecule has 6 nitrogen and oxygen atoms in total. The summed E-state index contributed by atoms with van der Waals surface area (Å²) in [5.74, 6) is -6.97. The molecule has 2 heterocycles. The van der Waals surface area contributed by atoms with E-state index in [2.05, 4.69) is 20.5 Å². The quantitative estimate of drug-likeness (QED) is 0.696. The summed E-state index contributed by atoms with van der Waals surface area (Å²) in [6, 6.07) is 1.86. The summed E-state index contributed by atoms with van der Waals surface area (Å²) < 4.78 is 70.3. The second-order valence-corrected chi connectivity index (χ2v) is 5.33. The normalized spacial score (nSPS) is 14.2. The van der Waals surface area contributed by atoms with Gasteiger partial charge in [0.25, 0.3) is 0 Å². The maximum absolute atomic E-state index is 14.7. The van der Waals surface area contributed by atoms with Crippen molar-refractivity contribution >= 4 is 0 Å². The van der Waals surface area contributed by atoms with Crippen LogP contribution in [0.2, 0.25) is 0 Å². The number of pyridine rings is 1. The summed E-state index contributed by atoms with van der Waals surface area (Å²) in [5.41, 5.74) is -1.40. The van der Waals surface area contributed by atoms with Crippen molar-refractivity contribution in [3.05, 3.63) is 71.6 Å². The number of hydrogen-bond donors (Lipinski definition) is 1. The van der Waals surface area contributed by atoms with Crippen molar-refractivity contribution in [2.75, 3.05) is 0 Å². The third-order valence-electron chi connectivity index (χ3n) is 3.67. The molecule has 26 heavy (non-hydrogen) atoms. The summed E-state index contributed by atoms with van der Waals surface area (Å²) in [6.07, 6.45) is -1.14. The zero-order valence-electron chi connectivity index (χ0n) is 12.8. The van der Waals surface area contributed by atoms with Crippen LogP contribution in [0.1, 0.15) is 17.3 Å². The van der Waals surface area contributed by atoms with Crippen molar-refractivity contribution in [1.82, 2.24) is 25.2 Å². The monoisotopic (exact) mass is 371 g/mol. The lowest BCUT2D eigenvalue weighted by atomic mass is 9.94. The van der Waals surface area contributed by atoms with Crippen molar-refractivity contribution in [3.63, 3.8) is 0 Å². The number of halogens is 5. The molecular formula is C15H10F5N5O. The van der Waals surface area contributed by atoms with Gasteiger partial charge in [-0.1, -0.05) is 6.07 Å². The fraction of sp³-hybridized carbons (Fsp3) is 0.200. The van der Waals surface area contributed by atoms with Crippen molar-refractivity contribution in [1.29, 1.82) is 0 Å². The Morgan fingerprint density at radius 1 is 1.04 bits per heavy atom. The van der Waals surface area contributed by atoms with Gasteiger partial charge in [0.2, 0.25) is 0 Å². The Bertz CT molecular complexity index is 888. The molecule has 0 spiro atoms. The average molecular weight is 371 g/mol. The molecule has 0 aliphatic heterocycles. The number of hydrogen-bond acceptors (Lipinski definition) is 5. The molecule has 3 rings (SSSR count). The van der Waals surface area contributed by atoms with Gasteiger partial charge in [-0.3, -0.25) is 4.98 Å². The van der Waals surface area contributed by atoms with E-state index in [-0.39, 0.29) is 0 Å². The van der Waals surface area contributed by atoms with Crippen LogP contribution in [0.5, 0.6) is 0 Å².